The molecule has 1 heteroatoms. The van der Waals surface area contributed by atoms with Crippen LogP contribution < -0.4 is 0 Å². The summed E-state index contributed by atoms with van der Waals surface area (Å²) in [7, 11) is 0. The van der Waals surface area contributed by atoms with Crippen LogP contribution >= 0.6 is 0 Å². The van der Waals surface area contributed by atoms with E-state index < -0.39 is 0 Å². The first-order valence-electron chi connectivity index (χ1n) is 3.35. The van der Waals surface area contributed by atoms with Gasteiger partial charge in [0.05, 0.1) is 0 Å². The van der Waals surface area contributed by atoms with Crippen LogP contribution in [0, 0.1) is 5.92 Å². The van der Waals surface area contributed by atoms with Gasteiger partial charge in [0.2, 0.25) is 0 Å². The Kier molecular flexibility index (Phi) is 1.75. The predicted octanol–water partition coefficient (Wildman–Crippen LogP) is 2.99. The third-order valence-electron chi connectivity index (χ3n) is 1.93. The van der Waals surface area contributed by atoms with Crippen LogP contribution in [0.4, 0.5) is 4.39 Å². The minimum atomic E-state index is -0.180. The SMILES string of the molecule is C=C1C=C(F)C=C(C)C1C. The van der Waals surface area contributed by atoms with E-state index in [4.69, 9.17) is 0 Å². The Morgan fingerprint density at radius 3 is 2.60 bits per heavy atom. The van der Waals surface area contributed by atoms with Crippen LogP contribution in [0.3, 0.4) is 0 Å². The van der Waals surface area contributed by atoms with Gasteiger partial charge in [0, 0.05) is 5.92 Å². The topological polar surface area (TPSA) is 0 Å². The second-order valence-electron chi connectivity index (χ2n) is 2.71. The van der Waals surface area contributed by atoms with Crippen molar-refractivity contribution in [2.24, 2.45) is 5.92 Å². The minimum absolute atomic E-state index is 0.180. The molecule has 0 aromatic rings. The van der Waals surface area contributed by atoms with E-state index in [1.54, 1.807) is 6.08 Å². The van der Waals surface area contributed by atoms with Gasteiger partial charge in [-0.2, -0.15) is 0 Å². The van der Waals surface area contributed by atoms with Gasteiger partial charge in [-0.25, -0.2) is 4.39 Å². The van der Waals surface area contributed by atoms with Crippen molar-refractivity contribution in [3.8, 4) is 0 Å². The highest BCUT2D eigenvalue weighted by molar-refractivity contribution is 5.37. The molecule has 0 saturated heterocycles. The van der Waals surface area contributed by atoms with Crippen molar-refractivity contribution in [2.75, 3.05) is 0 Å². The lowest BCUT2D eigenvalue weighted by molar-refractivity contribution is 0.645. The smallest absolute Gasteiger partial charge is 0.123 e. The lowest BCUT2D eigenvalue weighted by atomic mass is 9.90. The Bertz CT molecular complexity index is 221. The van der Waals surface area contributed by atoms with E-state index in [2.05, 4.69) is 6.58 Å². The summed E-state index contributed by atoms with van der Waals surface area (Å²) < 4.78 is 12.6. The molecule has 0 heterocycles. The molecule has 1 aliphatic carbocycles. The quantitative estimate of drug-likeness (QED) is 0.482. The second kappa shape index (κ2) is 2.41. The van der Waals surface area contributed by atoms with Crippen LogP contribution in [0.1, 0.15) is 13.8 Å². The molecule has 1 unspecified atom stereocenters. The molecule has 1 rings (SSSR count). The number of hydrogen-bond acceptors (Lipinski definition) is 0. The van der Waals surface area contributed by atoms with Crippen LogP contribution in [-0.2, 0) is 0 Å². The summed E-state index contributed by atoms with van der Waals surface area (Å²) in [6.07, 6.45) is 3.04. The highest BCUT2D eigenvalue weighted by Crippen LogP contribution is 2.26. The number of hydrogen-bond donors (Lipinski definition) is 0. The van der Waals surface area contributed by atoms with Crippen LogP contribution in [0.25, 0.3) is 0 Å². The molecule has 0 saturated carbocycles. The first-order valence-corrected chi connectivity index (χ1v) is 3.35. The van der Waals surface area contributed by atoms with Crippen molar-refractivity contribution in [2.45, 2.75) is 13.8 Å². The molecule has 0 aromatic heterocycles. The Hall–Kier alpha value is -0.850. The van der Waals surface area contributed by atoms with Gasteiger partial charge in [-0.15, -0.1) is 0 Å². The van der Waals surface area contributed by atoms with E-state index in [-0.39, 0.29) is 5.83 Å². The average molecular weight is 138 g/mol. The van der Waals surface area contributed by atoms with Crippen molar-refractivity contribution in [3.63, 3.8) is 0 Å². The largest absolute Gasteiger partial charge is 0.207 e. The molecule has 0 nitrogen and oxygen atoms in total. The van der Waals surface area contributed by atoms with Gasteiger partial charge in [0.25, 0.3) is 0 Å². The fourth-order valence-corrected chi connectivity index (χ4v) is 0.979. The van der Waals surface area contributed by atoms with Gasteiger partial charge in [0.15, 0.2) is 0 Å². The van der Waals surface area contributed by atoms with Crippen LogP contribution in [0.2, 0.25) is 0 Å². The summed E-state index contributed by atoms with van der Waals surface area (Å²) in [4.78, 5) is 0. The first-order chi connectivity index (χ1) is 4.61. The number of allylic oxidation sites excluding steroid dienone is 5. The maximum atomic E-state index is 12.6. The molecule has 0 radical (unpaired) electrons. The molecule has 0 N–H and O–H groups in total. The Morgan fingerprint density at radius 1 is 1.50 bits per heavy atom. The Morgan fingerprint density at radius 2 is 2.10 bits per heavy atom. The third kappa shape index (κ3) is 1.18. The molecule has 1 aliphatic rings. The summed E-state index contributed by atoms with van der Waals surface area (Å²) >= 11 is 0. The molecular formula is C9H11F. The third-order valence-corrected chi connectivity index (χ3v) is 1.93. The molecule has 0 aromatic carbocycles. The zero-order chi connectivity index (χ0) is 7.72. The molecule has 10 heavy (non-hydrogen) atoms. The lowest BCUT2D eigenvalue weighted by Gasteiger charge is -2.16. The van der Waals surface area contributed by atoms with Gasteiger partial charge in [-0.05, 0) is 24.6 Å². The van der Waals surface area contributed by atoms with Crippen LogP contribution in [0.5, 0.6) is 0 Å². The molecule has 0 bridgehead atoms. The van der Waals surface area contributed by atoms with Crippen molar-refractivity contribution in [1.29, 1.82) is 0 Å². The highest BCUT2D eigenvalue weighted by atomic mass is 19.1. The Labute approximate surface area is 60.7 Å². The van der Waals surface area contributed by atoms with E-state index >= 15 is 0 Å². The molecular weight excluding hydrogens is 127 g/mol. The fourth-order valence-electron chi connectivity index (χ4n) is 0.979. The van der Waals surface area contributed by atoms with E-state index in [1.807, 2.05) is 13.8 Å². The van der Waals surface area contributed by atoms with Gasteiger partial charge >= 0.3 is 0 Å². The fraction of sp³-hybridized carbons (Fsp3) is 0.333. The monoisotopic (exact) mass is 138 g/mol. The zero-order valence-corrected chi connectivity index (χ0v) is 6.32. The maximum Gasteiger partial charge on any atom is 0.123 e. The molecule has 0 amide bonds. The molecule has 0 aliphatic heterocycles. The van der Waals surface area contributed by atoms with E-state index in [0.29, 0.717) is 5.92 Å². The van der Waals surface area contributed by atoms with Crippen molar-refractivity contribution in [1.82, 2.24) is 0 Å². The molecule has 54 valence electrons. The van der Waals surface area contributed by atoms with E-state index in [9.17, 15) is 4.39 Å². The summed E-state index contributed by atoms with van der Waals surface area (Å²) in [5, 5.41) is 0. The standard InChI is InChI=1S/C9H11F/c1-6-4-9(10)5-7(2)8(6)3/h4-5,8H,1H2,2-3H3. The number of halogens is 1. The minimum Gasteiger partial charge on any atom is -0.207 e. The van der Waals surface area contributed by atoms with Crippen LogP contribution in [0.15, 0.2) is 35.7 Å². The summed E-state index contributed by atoms with van der Waals surface area (Å²) in [6, 6.07) is 0. The van der Waals surface area contributed by atoms with E-state index in [1.165, 1.54) is 6.08 Å². The first kappa shape index (κ1) is 7.26. The van der Waals surface area contributed by atoms with Gasteiger partial charge in [-0.3, -0.25) is 0 Å². The summed E-state index contributed by atoms with van der Waals surface area (Å²) in [6.45, 7) is 7.68. The second-order valence-corrected chi connectivity index (χ2v) is 2.71. The van der Waals surface area contributed by atoms with E-state index in [0.717, 1.165) is 11.1 Å². The lowest BCUT2D eigenvalue weighted by Crippen LogP contribution is -2.02. The van der Waals surface area contributed by atoms with Gasteiger partial charge < -0.3 is 0 Å². The Balaban J connectivity index is 2.95. The summed E-state index contributed by atoms with van der Waals surface area (Å²) in [5.41, 5.74) is 1.91. The molecule has 0 spiro atoms. The zero-order valence-electron chi connectivity index (χ0n) is 6.32. The normalized spacial score (nSPS) is 25.9. The number of rotatable bonds is 0. The highest BCUT2D eigenvalue weighted by Gasteiger charge is 2.12. The van der Waals surface area contributed by atoms with Gasteiger partial charge in [0.1, 0.15) is 5.83 Å². The summed E-state index contributed by atoms with van der Waals surface area (Å²) in [5.74, 6) is 0.125. The van der Waals surface area contributed by atoms with Crippen molar-refractivity contribution in [3.05, 3.63) is 35.7 Å². The predicted molar refractivity (Wildman–Crippen MR) is 41.3 cm³/mol. The van der Waals surface area contributed by atoms with Crippen molar-refractivity contribution >= 4 is 0 Å². The average Bonchev–Trinajstić information content (AvgIpc) is 1.82. The molecule has 1 atom stereocenters. The maximum absolute atomic E-state index is 12.6. The van der Waals surface area contributed by atoms with Crippen LogP contribution in [-0.4, -0.2) is 0 Å². The van der Waals surface area contributed by atoms with Crippen molar-refractivity contribution < 1.29 is 4.39 Å². The molecule has 0 fully saturated rings. The van der Waals surface area contributed by atoms with Gasteiger partial charge in [-0.1, -0.05) is 19.1 Å².